The summed E-state index contributed by atoms with van der Waals surface area (Å²) >= 11 is 6.05. The van der Waals surface area contributed by atoms with Crippen molar-refractivity contribution < 1.29 is 9.21 Å². The number of carbonyl (C=O) groups excluding carboxylic acids is 1. The number of fused-ring (bicyclic) bond motifs is 1. The highest BCUT2D eigenvalue weighted by molar-refractivity contribution is 6.31. The number of hydrogen-bond donors (Lipinski definition) is 2. The molecule has 0 aliphatic heterocycles. The maximum Gasteiger partial charge on any atom is 0.419 e. The summed E-state index contributed by atoms with van der Waals surface area (Å²) in [5.41, 5.74) is 3.10. The van der Waals surface area contributed by atoms with Crippen LogP contribution in [0, 0.1) is 6.92 Å². The van der Waals surface area contributed by atoms with E-state index in [-0.39, 0.29) is 0 Å². The van der Waals surface area contributed by atoms with E-state index in [9.17, 15) is 9.59 Å². The minimum atomic E-state index is -0.403. The molecule has 0 fully saturated rings. The summed E-state index contributed by atoms with van der Waals surface area (Å²) in [6.07, 6.45) is 0.829. The van der Waals surface area contributed by atoms with Gasteiger partial charge in [0.2, 0.25) is 0 Å². The number of aromatic nitrogens is 1. The van der Waals surface area contributed by atoms with Crippen LogP contribution in [0.3, 0.4) is 0 Å². The summed E-state index contributed by atoms with van der Waals surface area (Å²) in [4.78, 5) is 24.0. The van der Waals surface area contributed by atoms with E-state index in [0.29, 0.717) is 34.0 Å². The maximum atomic E-state index is 12.2. The summed E-state index contributed by atoms with van der Waals surface area (Å²) in [5, 5.41) is 6.06. The van der Waals surface area contributed by atoms with E-state index in [1.54, 1.807) is 41.0 Å². The number of nitrogens with zero attached hydrogens (tertiary/aromatic N) is 1. The molecule has 0 aliphatic rings. The van der Waals surface area contributed by atoms with Gasteiger partial charge in [-0.1, -0.05) is 24.6 Å². The van der Waals surface area contributed by atoms with Crippen molar-refractivity contribution >= 4 is 40.1 Å². The molecule has 7 heteroatoms. The predicted molar refractivity (Wildman–Crippen MR) is 99.6 cm³/mol. The maximum absolute atomic E-state index is 12.2. The molecule has 0 bridgehead atoms. The van der Waals surface area contributed by atoms with Crippen molar-refractivity contribution in [1.29, 1.82) is 0 Å². The smallest absolute Gasteiger partial charge is 0.408 e. The highest BCUT2D eigenvalue weighted by Crippen LogP contribution is 2.23. The Morgan fingerprint density at radius 2 is 2.04 bits per heavy atom. The number of hydrogen-bond acceptors (Lipinski definition) is 3. The molecule has 0 saturated heterocycles. The first-order valence-corrected chi connectivity index (χ1v) is 8.34. The van der Waals surface area contributed by atoms with Crippen molar-refractivity contribution in [3.8, 4) is 0 Å². The fourth-order valence-corrected chi connectivity index (χ4v) is 2.78. The first-order valence-electron chi connectivity index (χ1n) is 7.96. The molecule has 3 aromatic rings. The quantitative estimate of drug-likeness (QED) is 0.714. The zero-order valence-corrected chi connectivity index (χ0v) is 14.7. The number of rotatable bonds is 4. The van der Waals surface area contributed by atoms with E-state index in [2.05, 4.69) is 10.6 Å². The monoisotopic (exact) mass is 359 g/mol. The van der Waals surface area contributed by atoms with Crippen LogP contribution in [0.15, 0.2) is 45.6 Å². The molecule has 1 heterocycles. The van der Waals surface area contributed by atoms with Crippen LogP contribution >= 0.6 is 11.6 Å². The van der Waals surface area contributed by atoms with Crippen LogP contribution in [-0.4, -0.2) is 10.6 Å². The molecule has 0 radical (unpaired) electrons. The lowest BCUT2D eigenvalue weighted by atomic mass is 10.2. The number of benzene rings is 2. The van der Waals surface area contributed by atoms with Gasteiger partial charge in [-0.3, -0.25) is 4.57 Å². The zero-order chi connectivity index (χ0) is 18.0. The Labute approximate surface area is 149 Å². The van der Waals surface area contributed by atoms with Crippen LogP contribution < -0.4 is 16.4 Å². The van der Waals surface area contributed by atoms with E-state index in [1.807, 2.05) is 13.8 Å². The Bertz CT molecular complexity index is 991. The molecule has 0 saturated carbocycles. The van der Waals surface area contributed by atoms with Gasteiger partial charge in [0.05, 0.1) is 5.52 Å². The number of urea groups is 1. The van der Waals surface area contributed by atoms with Gasteiger partial charge in [-0.15, -0.1) is 0 Å². The molecule has 1 aromatic heterocycles. The van der Waals surface area contributed by atoms with Crippen LogP contribution in [-0.2, 0) is 6.54 Å². The van der Waals surface area contributed by atoms with Gasteiger partial charge in [-0.2, -0.15) is 0 Å². The van der Waals surface area contributed by atoms with Gasteiger partial charge in [0.15, 0.2) is 5.58 Å². The SMILES string of the molecule is CCCn1c(=O)oc2cc(NC(=O)Nc3cccc(Cl)c3C)ccc21. The molecule has 0 aliphatic carbocycles. The topological polar surface area (TPSA) is 76.3 Å². The van der Waals surface area contributed by atoms with E-state index >= 15 is 0 Å². The summed E-state index contributed by atoms with van der Waals surface area (Å²) < 4.78 is 6.82. The number of oxazole rings is 1. The fraction of sp³-hybridized carbons (Fsp3) is 0.222. The van der Waals surface area contributed by atoms with Crippen molar-refractivity contribution in [1.82, 2.24) is 4.57 Å². The van der Waals surface area contributed by atoms with Gasteiger partial charge in [-0.05, 0) is 43.2 Å². The molecule has 6 nitrogen and oxygen atoms in total. The molecule has 0 unspecified atom stereocenters. The number of halogens is 1. The highest BCUT2D eigenvalue weighted by atomic mass is 35.5. The number of nitrogens with one attached hydrogen (secondary N) is 2. The van der Waals surface area contributed by atoms with Crippen molar-refractivity contribution in [3.63, 3.8) is 0 Å². The Hall–Kier alpha value is -2.73. The van der Waals surface area contributed by atoms with E-state index < -0.39 is 11.8 Å². The molecule has 2 amide bonds. The first kappa shape index (κ1) is 17.1. The lowest BCUT2D eigenvalue weighted by Gasteiger charge is -2.10. The standard InChI is InChI=1S/C18H18ClN3O3/c1-3-9-22-15-8-7-12(10-16(15)25-18(22)24)20-17(23)21-14-6-4-5-13(19)11(14)2/h4-8,10H,3,9H2,1-2H3,(H2,20,21,23). The predicted octanol–water partition coefficient (Wildman–Crippen LogP) is 4.61. The minimum Gasteiger partial charge on any atom is -0.408 e. The third-order valence-corrected chi connectivity index (χ3v) is 4.30. The van der Waals surface area contributed by atoms with Crippen LogP contribution in [0.5, 0.6) is 0 Å². The van der Waals surface area contributed by atoms with Crippen molar-refractivity contribution in [2.24, 2.45) is 0 Å². The van der Waals surface area contributed by atoms with E-state index in [0.717, 1.165) is 12.0 Å². The first-order chi connectivity index (χ1) is 12.0. The van der Waals surface area contributed by atoms with E-state index in [1.165, 1.54) is 0 Å². The normalized spacial score (nSPS) is 10.8. The minimum absolute atomic E-state index is 0.395. The van der Waals surface area contributed by atoms with Crippen LogP contribution in [0.1, 0.15) is 18.9 Å². The van der Waals surface area contributed by atoms with Crippen LogP contribution in [0.2, 0.25) is 5.02 Å². The molecule has 130 valence electrons. The summed E-state index contributed by atoms with van der Waals surface area (Å²) in [7, 11) is 0. The molecule has 25 heavy (non-hydrogen) atoms. The Balaban J connectivity index is 1.79. The fourth-order valence-electron chi connectivity index (χ4n) is 2.61. The molecular formula is C18H18ClN3O3. The van der Waals surface area contributed by atoms with Gasteiger partial charge in [0.1, 0.15) is 0 Å². The van der Waals surface area contributed by atoms with Gasteiger partial charge >= 0.3 is 11.8 Å². The summed E-state index contributed by atoms with van der Waals surface area (Å²) in [6.45, 7) is 4.41. The molecule has 2 N–H and O–H groups in total. The Kier molecular flexibility index (Phi) is 4.81. The Morgan fingerprint density at radius 1 is 1.24 bits per heavy atom. The lowest BCUT2D eigenvalue weighted by Crippen LogP contribution is -2.20. The third-order valence-electron chi connectivity index (χ3n) is 3.89. The average Bonchev–Trinajstić information content (AvgIpc) is 2.87. The number of anilines is 2. The number of aryl methyl sites for hydroxylation is 1. The van der Waals surface area contributed by atoms with Crippen molar-refractivity contribution in [2.75, 3.05) is 10.6 Å². The summed E-state index contributed by atoms with van der Waals surface area (Å²) in [5.74, 6) is -0.395. The van der Waals surface area contributed by atoms with Gasteiger partial charge in [-0.25, -0.2) is 9.59 Å². The highest BCUT2D eigenvalue weighted by Gasteiger charge is 2.11. The number of carbonyl (C=O) groups is 1. The van der Waals surface area contributed by atoms with Gasteiger partial charge in [0, 0.05) is 29.0 Å². The lowest BCUT2D eigenvalue weighted by molar-refractivity contribution is 0.262. The average molecular weight is 360 g/mol. The van der Waals surface area contributed by atoms with Gasteiger partial charge in [0.25, 0.3) is 0 Å². The molecule has 2 aromatic carbocycles. The molecule has 0 spiro atoms. The van der Waals surface area contributed by atoms with Crippen LogP contribution in [0.4, 0.5) is 16.2 Å². The molecule has 0 atom stereocenters. The molecule has 3 rings (SSSR count). The van der Waals surface area contributed by atoms with E-state index in [4.69, 9.17) is 16.0 Å². The second kappa shape index (κ2) is 7.03. The van der Waals surface area contributed by atoms with Crippen LogP contribution in [0.25, 0.3) is 11.1 Å². The van der Waals surface area contributed by atoms with Crippen molar-refractivity contribution in [2.45, 2.75) is 26.8 Å². The Morgan fingerprint density at radius 3 is 2.80 bits per heavy atom. The summed E-state index contributed by atoms with van der Waals surface area (Å²) in [6, 6.07) is 10.0. The molecular weight excluding hydrogens is 342 g/mol. The third kappa shape index (κ3) is 3.53. The largest absolute Gasteiger partial charge is 0.419 e. The number of amides is 2. The second-order valence-electron chi connectivity index (χ2n) is 5.69. The van der Waals surface area contributed by atoms with Gasteiger partial charge < -0.3 is 15.1 Å². The second-order valence-corrected chi connectivity index (χ2v) is 6.10. The zero-order valence-electron chi connectivity index (χ0n) is 13.9. The van der Waals surface area contributed by atoms with Crippen molar-refractivity contribution in [3.05, 3.63) is 57.5 Å².